The second kappa shape index (κ2) is 6.35. The van der Waals surface area contributed by atoms with Crippen molar-refractivity contribution in [1.29, 1.82) is 0 Å². The molecule has 0 spiro atoms. The predicted octanol–water partition coefficient (Wildman–Crippen LogP) is 2.99. The highest BCUT2D eigenvalue weighted by Gasteiger charge is 2.17. The number of hydrogen-bond donors (Lipinski definition) is 1. The molecule has 18 heavy (non-hydrogen) atoms. The van der Waals surface area contributed by atoms with Crippen molar-refractivity contribution in [2.45, 2.75) is 32.7 Å². The van der Waals surface area contributed by atoms with Crippen molar-refractivity contribution in [3.8, 4) is 0 Å². The first kappa shape index (κ1) is 13.6. The van der Waals surface area contributed by atoms with Crippen LogP contribution in [0.15, 0.2) is 24.3 Å². The first-order valence-corrected chi connectivity index (χ1v) is 7.13. The Bertz CT molecular complexity index is 367. The fourth-order valence-electron chi connectivity index (χ4n) is 2.67. The van der Waals surface area contributed by atoms with Crippen molar-refractivity contribution < 1.29 is 0 Å². The number of hydrogen-bond acceptors (Lipinski definition) is 2. The molecule has 1 N–H and O–H groups in total. The molecule has 0 amide bonds. The van der Waals surface area contributed by atoms with Crippen LogP contribution in [0, 0.1) is 12.8 Å². The Labute approximate surface area is 111 Å². The molecule has 0 saturated carbocycles. The number of nitrogens with zero attached hydrogens (tertiary/aromatic N) is 1. The average molecular weight is 246 g/mol. The summed E-state index contributed by atoms with van der Waals surface area (Å²) < 4.78 is 0. The lowest BCUT2D eigenvalue weighted by atomic mass is 9.96. The molecule has 2 nitrogen and oxygen atoms in total. The number of benzene rings is 1. The van der Waals surface area contributed by atoms with E-state index in [1.54, 1.807) is 0 Å². The number of piperidine rings is 1. The zero-order valence-corrected chi connectivity index (χ0v) is 11.9. The number of rotatable bonds is 4. The van der Waals surface area contributed by atoms with Crippen LogP contribution in [0.4, 0.5) is 0 Å². The molecule has 1 aliphatic heterocycles. The van der Waals surface area contributed by atoms with Gasteiger partial charge in [-0.3, -0.25) is 0 Å². The third-order valence-electron chi connectivity index (χ3n) is 4.09. The quantitative estimate of drug-likeness (QED) is 0.878. The maximum Gasteiger partial charge on any atom is 0.0292 e. The standard InChI is InChI=1S/C16H26N2/c1-13-5-4-6-16(11-13)14(2)17-12-15-7-9-18(3)10-8-15/h4-6,11,14-15,17H,7-10,12H2,1-3H3. The molecular weight excluding hydrogens is 220 g/mol. The molecule has 2 rings (SSSR count). The predicted molar refractivity (Wildman–Crippen MR) is 77.8 cm³/mol. The van der Waals surface area contributed by atoms with Crippen molar-refractivity contribution in [2.75, 3.05) is 26.7 Å². The zero-order chi connectivity index (χ0) is 13.0. The molecule has 0 aliphatic carbocycles. The average Bonchev–Trinajstić information content (AvgIpc) is 2.38. The Morgan fingerprint density at radius 1 is 1.33 bits per heavy atom. The SMILES string of the molecule is Cc1cccc(C(C)NCC2CCN(C)CC2)c1. The van der Waals surface area contributed by atoms with E-state index in [9.17, 15) is 0 Å². The summed E-state index contributed by atoms with van der Waals surface area (Å²) in [6.45, 7) is 8.09. The molecule has 0 radical (unpaired) electrons. The highest BCUT2D eigenvalue weighted by Crippen LogP contribution is 2.18. The number of likely N-dealkylation sites (tertiary alicyclic amines) is 1. The van der Waals surface area contributed by atoms with Crippen LogP contribution in [0.5, 0.6) is 0 Å². The van der Waals surface area contributed by atoms with Gasteiger partial charge in [0, 0.05) is 6.04 Å². The second-order valence-electron chi connectivity index (χ2n) is 5.79. The highest BCUT2D eigenvalue weighted by molar-refractivity contribution is 5.24. The smallest absolute Gasteiger partial charge is 0.0292 e. The fraction of sp³-hybridized carbons (Fsp3) is 0.625. The lowest BCUT2D eigenvalue weighted by Gasteiger charge is -2.30. The molecule has 1 saturated heterocycles. The van der Waals surface area contributed by atoms with Crippen molar-refractivity contribution in [3.05, 3.63) is 35.4 Å². The molecule has 1 aromatic carbocycles. The molecule has 1 aromatic rings. The normalized spacial score (nSPS) is 19.9. The van der Waals surface area contributed by atoms with Crippen LogP contribution in [0.2, 0.25) is 0 Å². The summed E-state index contributed by atoms with van der Waals surface area (Å²) in [5.41, 5.74) is 2.75. The van der Waals surface area contributed by atoms with Gasteiger partial charge >= 0.3 is 0 Å². The third kappa shape index (κ3) is 3.82. The number of nitrogens with one attached hydrogen (secondary N) is 1. The minimum absolute atomic E-state index is 0.463. The molecule has 1 fully saturated rings. The largest absolute Gasteiger partial charge is 0.310 e. The van der Waals surface area contributed by atoms with Crippen molar-refractivity contribution in [3.63, 3.8) is 0 Å². The van der Waals surface area contributed by atoms with E-state index in [1.165, 1.54) is 37.1 Å². The maximum atomic E-state index is 3.69. The molecule has 0 bridgehead atoms. The second-order valence-corrected chi connectivity index (χ2v) is 5.79. The Morgan fingerprint density at radius 3 is 2.72 bits per heavy atom. The van der Waals surface area contributed by atoms with Crippen LogP contribution in [-0.2, 0) is 0 Å². The topological polar surface area (TPSA) is 15.3 Å². The van der Waals surface area contributed by atoms with Gasteiger partial charge in [0.05, 0.1) is 0 Å². The van der Waals surface area contributed by atoms with Gasteiger partial charge in [0.25, 0.3) is 0 Å². The summed E-state index contributed by atoms with van der Waals surface area (Å²) in [7, 11) is 2.22. The minimum Gasteiger partial charge on any atom is -0.310 e. The molecule has 1 heterocycles. The van der Waals surface area contributed by atoms with Gasteiger partial charge in [-0.1, -0.05) is 29.8 Å². The van der Waals surface area contributed by atoms with Gasteiger partial charge in [-0.15, -0.1) is 0 Å². The lowest BCUT2D eigenvalue weighted by Crippen LogP contribution is -2.35. The molecule has 1 unspecified atom stereocenters. The summed E-state index contributed by atoms with van der Waals surface area (Å²) in [4.78, 5) is 2.43. The molecular formula is C16H26N2. The summed E-state index contributed by atoms with van der Waals surface area (Å²) in [5.74, 6) is 0.855. The van der Waals surface area contributed by atoms with Gasteiger partial charge in [-0.25, -0.2) is 0 Å². The summed E-state index contributed by atoms with van der Waals surface area (Å²) in [5, 5.41) is 3.69. The van der Waals surface area contributed by atoms with Gasteiger partial charge in [-0.2, -0.15) is 0 Å². The van der Waals surface area contributed by atoms with Crippen molar-refractivity contribution in [1.82, 2.24) is 10.2 Å². The van der Waals surface area contributed by atoms with Crippen LogP contribution >= 0.6 is 0 Å². The number of aryl methyl sites for hydroxylation is 1. The van der Waals surface area contributed by atoms with Crippen LogP contribution in [-0.4, -0.2) is 31.6 Å². The lowest BCUT2D eigenvalue weighted by molar-refractivity contribution is 0.213. The Balaban J connectivity index is 1.79. The molecule has 1 aliphatic rings. The van der Waals surface area contributed by atoms with E-state index in [4.69, 9.17) is 0 Å². The highest BCUT2D eigenvalue weighted by atomic mass is 15.1. The van der Waals surface area contributed by atoms with Gasteiger partial charge in [0.1, 0.15) is 0 Å². The van der Waals surface area contributed by atoms with Crippen molar-refractivity contribution >= 4 is 0 Å². The third-order valence-corrected chi connectivity index (χ3v) is 4.09. The molecule has 1 atom stereocenters. The fourth-order valence-corrected chi connectivity index (χ4v) is 2.67. The van der Waals surface area contributed by atoms with Gasteiger partial charge < -0.3 is 10.2 Å². The van der Waals surface area contributed by atoms with Crippen molar-refractivity contribution in [2.24, 2.45) is 5.92 Å². The Hall–Kier alpha value is -0.860. The Kier molecular flexibility index (Phi) is 4.79. The van der Waals surface area contributed by atoms with E-state index < -0.39 is 0 Å². The van der Waals surface area contributed by atoms with E-state index in [0.717, 1.165) is 12.5 Å². The van der Waals surface area contributed by atoms with Gasteiger partial charge in [0.2, 0.25) is 0 Å². The molecule has 0 aromatic heterocycles. The van der Waals surface area contributed by atoms with Crippen LogP contribution < -0.4 is 5.32 Å². The van der Waals surface area contributed by atoms with E-state index in [2.05, 4.69) is 55.4 Å². The van der Waals surface area contributed by atoms with E-state index >= 15 is 0 Å². The van der Waals surface area contributed by atoms with Crippen LogP contribution in [0.25, 0.3) is 0 Å². The van der Waals surface area contributed by atoms with Crippen LogP contribution in [0.1, 0.15) is 36.9 Å². The monoisotopic (exact) mass is 246 g/mol. The van der Waals surface area contributed by atoms with E-state index in [1.807, 2.05) is 0 Å². The maximum absolute atomic E-state index is 3.69. The first-order valence-electron chi connectivity index (χ1n) is 7.13. The van der Waals surface area contributed by atoms with E-state index in [0.29, 0.717) is 6.04 Å². The minimum atomic E-state index is 0.463. The Morgan fingerprint density at radius 2 is 2.06 bits per heavy atom. The van der Waals surface area contributed by atoms with Crippen LogP contribution in [0.3, 0.4) is 0 Å². The first-order chi connectivity index (χ1) is 8.65. The molecule has 100 valence electrons. The summed E-state index contributed by atoms with van der Waals surface area (Å²) in [6, 6.07) is 9.28. The summed E-state index contributed by atoms with van der Waals surface area (Å²) >= 11 is 0. The van der Waals surface area contributed by atoms with Gasteiger partial charge in [-0.05, 0) is 64.9 Å². The zero-order valence-electron chi connectivity index (χ0n) is 11.9. The molecule has 2 heteroatoms. The van der Waals surface area contributed by atoms with E-state index in [-0.39, 0.29) is 0 Å². The summed E-state index contributed by atoms with van der Waals surface area (Å²) in [6.07, 6.45) is 2.67. The van der Waals surface area contributed by atoms with Gasteiger partial charge in [0.15, 0.2) is 0 Å².